The number of benzene rings is 2. The van der Waals surface area contributed by atoms with E-state index in [1.165, 1.54) is 11.1 Å². The van der Waals surface area contributed by atoms with Crippen LogP contribution in [0.4, 0.5) is 0 Å². The molecular weight excluding hydrogens is 238 g/mol. The van der Waals surface area contributed by atoms with Gasteiger partial charge in [-0.25, -0.2) is 0 Å². The second-order valence-corrected chi connectivity index (χ2v) is 4.40. The van der Waals surface area contributed by atoms with Gasteiger partial charge in [0.05, 0.1) is 7.11 Å². The van der Waals surface area contributed by atoms with Crippen LogP contribution >= 0.6 is 0 Å². The Labute approximate surface area is 114 Å². The fraction of sp³-hybridized carbons (Fsp3) is 0.250. The Bertz CT molecular complexity index is 535. The molecule has 3 heteroatoms. The highest BCUT2D eigenvalue weighted by molar-refractivity contribution is 5.39. The Morgan fingerprint density at radius 3 is 2.16 bits per heavy atom. The summed E-state index contributed by atoms with van der Waals surface area (Å²) < 4.78 is 10.9. The first-order valence-corrected chi connectivity index (χ1v) is 6.29. The van der Waals surface area contributed by atoms with Gasteiger partial charge in [-0.15, -0.1) is 0 Å². The molecule has 0 aromatic heterocycles. The first-order valence-electron chi connectivity index (χ1n) is 6.29. The molecule has 1 N–H and O–H groups in total. The van der Waals surface area contributed by atoms with Crippen LogP contribution in [0.5, 0.6) is 17.2 Å². The molecule has 0 aliphatic rings. The molecule has 0 atom stereocenters. The quantitative estimate of drug-likeness (QED) is 0.889. The van der Waals surface area contributed by atoms with Gasteiger partial charge in [-0.2, -0.15) is 0 Å². The number of hydrogen-bond donors (Lipinski definition) is 1. The number of rotatable bonds is 5. The van der Waals surface area contributed by atoms with Crippen LogP contribution in [-0.4, -0.2) is 14.2 Å². The lowest BCUT2D eigenvalue weighted by molar-refractivity contribution is 0.413. The summed E-state index contributed by atoms with van der Waals surface area (Å²) in [6.07, 6.45) is 0. The van der Waals surface area contributed by atoms with Gasteiger partial charge < -0.3 is 14.8 Å². The van der Waals surface area contributed by atoms with Crippen molar-refractivity contribution in [3.8, 4) is 17.2 Å². The molecule has 2 rings (SSSR count). The molecule has 0 bridgehead atoms. The summed E-state index contributed by atoms with van der Waals surface area (Å²) >= 11 is 0. The van der Waals surface area contributed by atoms with Gasteiger partial charge in [-0.1, -0.05) is 6.07 Å². The third-order valence-corrected chi connectivity index (χ3v) is 2.98. The fourth-order valence-electron chi connectivity index (χ4n) is 1.90. The second kappa shape index (κ2) is 6.25. The Morgan fingerprint density at radius 2 is 1.58 bits per heavy atom. The Hall–Kier alpha value is -2.00. The summed E-state index contributed by atoms with van der Waals surface area (Å²) in [4.78, 5) is 0. The maximum absolute atomic E-state index is 5.82. The monoisotopic (exact) mass is 257 g/mol. The van der Waals surface area contributed by atoms with Gasteiger partial charge in [0.1, 0.15) is 17.2 Å². The van der Waals surface area contributed by atoms with Gasteiger partial charge in [-0.05, 0) is 61.5 Å². The molecule has 3 nitrogen and oxygen atoms in total. The van der Waals surface area contributed by atoms with Gasteiger partial charge in [0.15, 0.2) is 0 Å². The molecule has 0 amide bonds. The highest BCUT2D eigenvalue weighted by Crippen LogP contribution is 2.25. The SMILES string of the molecule is CNCc1ccc(Oc2ccc(OC)cc2)cc1C. The zero-order valence-corrected chi connectivity index (χ0v) is 11.6. The van der Waals surface area contributed by atoms with Crippen molar-refractivity contribution in [2.75, 3.05) is 14.2 Å². The molecule has 100 valence electrons. The maximum Gasteiger partial charge on any atom is 0.127 e. The van der Waals surface area contributed by atoms with Gasteiger partial charge in [0, 0.05) is 6.54 Å². The molecule has 0 saturated carbocycles. The molecule has 0 aliphatic heterocycles. The summed E-state index contributed by atoms with van der Waals surface area (Å²) in [7, 11) is 3.60. The van der Waals surface area contributed by atoms with Crippen molar-refractivity contribution in [2.24, 2.45) is 0 Å². The van der Waals surface area contributed by atoms with Crippen molar-refractivity contribution in [1.82, 2.24) is 5.32 Å². The van der Waals surface area contributed by atoms with Gasteiger partial charge in [0.25, 0.3) is 0 Å². The molecule has 0 radical (unpaired) electrons. The molecular formula is C16H19NO2. The highest BCUT2D eigenvalue weighted by atomic mass is 16.5. The normalized spacial score (nSPS) is 10.3. The Morgan fingerprint density at radius 1 is 0.947 bits per heavy atom. The summed E-state index contributed by atoms with van der Waals surface area (Å²) in [6.45, 7) is 2.96. The van der Waals surface area contributed by atoms with Crippen LogP contribution in [0.3, 0.4) is 0 Å². The molecule has 0 aliphatic carbocycles. The van der Waals surface area contributed by atoms with Crippen molar-refractivity contribution in [3.05, 3.63) is 53.6 Å². The first kappa shape index (κ1) is 13.4. The summed E-state index contributed by atoms with van der Waals surface area (Å²) in [5.41, 5.74) is 2.50. The van der Waals surface area contributed by atoms with Gasteiger partial charge >= 0.3 is 0 Å². The van der Waals surface area contributed by atoms with E-state index < -0.39 is 0 Å². The topological polar surface area (TPSA) is 30.5 Å². The largest absolute Gasteiger partial charge is 0.497 e. The molecule has 0 spiro atoms. The van der Waals surface area contributed by atoms with Crippen LogP contribution in [0.2, 0.25) is 0 Å². The van der Waals surface area contributed by atoms with Crippen molar-refractivity contribution < 1.29 is 9.47 Å². The first-order chi connectivity index (χ1) is 9.22. The van der Waals surface area contributed by atoms with Crippen LogP contribution in [0.15, 0.2) is 42.5 Å². The minimum absolute atomic E-state index is 0.807. The Balaban J connectivity index is 2.11. The van der Waals surface area contributed by atoms with Crippen molar-refractivity contribution in [2.45, 2.75) is 13.5 Å². The number of hydrogen-bond acceptors (Lipinski definition) is 3. The molecule has 19 heavy (non-hydrogen) atoms. The van der Waals surface area contributed by atoms with E-state index in [9.17, 15) is 0 Å². The minimum atomic E-state index is 0.807. The smallest absolute Gasteiger partial charge is 0.127 e. The van der Waals surface area contributed by atoms with E-state index >= 15 is 0 Å². The standard InChI is InChI=1S/C16H19NO2/c1-12-10-16(5-4-13(12)11-17-2)19-15-8-6-14(18-3)7-9-15/h4-10,17H,11H2,1-3H3. The van der Waals surface area contributed by atoms with Crippen LogP contribution in [0, 0.1) is 6.92 Å². The van der Waals surface area contributed by atoms with E-state index in [1.807, 2.05) is 37.4 Å². The maximum atomic E-state index is 5.82. The summed E-state index contributed by atoms with van der Waals surface area (Å²) in [6, 6.07) is 13.7. The number of aryl methyl sites for hydroxylation is 1. The zero-order chi connectivity index (χ0) is 13.7. The zero-order valence-electron chi connectivity index (χ0n) is 11.6. The molecule has 0 heterocycles. The predicted molar refractivity (Wildman–Crippen MR) is 77.0 cm³/mol. The third kappa shape index (κ3) is 3.48. The van der Waals surface area contributed by atoms with Crippen molar-refractivity contribution in [3.63, 3.8) is 0 Å². The number of nitrogens with one attached hydrogen (secondary N) is 1. The summed E-state index contributed by atoms with van der Waals surface area (Å²) in [5, 5.41) is 3.15. The third-order valence-electron chi connectivity index (χ3n) is 2.98. The lowest BCUT2D eigenvalue weighted by Crippen LogP contribution is -2.06. The Kier molecular flexibility index (Phi) is 4.42. The predicted octanol–water partition coefficient (Wildman–Crippen LogP) is 3.52. The molecule has 0 unspecified atom stereocenters. The van der Waals surface area contributed by atoms with Crippen LogP contribution in [0.1, 0.15) is 11.1 Å². The lowest BCUT2D eigenvalue weighted by atomic mass is 10.1. The van der Waals surface area contributed by atoms with Crippen LogP contribution in [0.25, 0.3) is 0 Å². The average molecular weight is 257 g/mol. The number of ether oxygens (including phenoxy) is 2. The molecule has 0 saturated heterocycles. The van der Waals surface area contributed by atoms with E-state index in [1.54, 1.807) is 7.11 Å². The van der Waals surface area contributed by atoms with E-state index in [2.05, 4.69) is 24.4 Å². The average Bonchev–Trinajstić information content (AvgIpc) is 2.43. The van der Waals surface area contributed by atoms with Crippen molar-refractivity contribution in [1.29, 1.82) is 0 Å². The van der Waals surface area contributed by atoms with E-state index in [0.29, 0.717) is 0 Å². The van der Waals surface area contributed by atoms with E-state index in [-0.39, 0.29) is 0 Å². The van der Waals surface area contributed by atoms with Crippen LogP contribution < -0.4 is 14.8 Å². The second-order valence-electron chi connectivity index (χ2n) is 4.40. The minimum Gasteiger partial charge on any atom is -0.497 e. The van der Waals surface area contributed by atoms with E-state index in [0.717, 1.165) is 23.8 Å². The van der Waals surface area contributed by atoms with Crippen molar-refractivity contribution >= 4 is 0 Å². The lowest BCUT2D eigenvalue weighted by Gasteiger charge is -2.10. The molecule has 0 fully saturated rings. The molecule has 2 aromatic carbocycles. The van der Waals surface area contributed by atoms with Crippen LogP contribution in [-0.2, 0) is 6.54 Å². The van der Waals surface area contributed by atoms with E-state index in [4.69, 9.17) is 9.47 Å². The fourth-order valence-corrected chi connectivity index (χ4v) is 1.90. The summed E-state index contributed by atoms with van der Waals surface area (Å²) in [5.74, 6) is 2.48. The highest BCUT2D eigenvalue weighted by Gasteiger charge is 2.02. The van der Waals surface area contributed by atoms with Gasteiger partial charge in [0.2, 0.25) is 0 Å². The number of methoxy groups -OCH3 is 1. The molecule has 2 aromatic rings. The van der Waals surface area contributed by atoms with Gasteiger partial charge in [-0.3, -0.25) is 0 Å².